The van der Waals surface area contributed by atoms with E-state index < -0.39 is 5.76 Å². The van der Waals surface area contributed by atoms with Gasteiger partial charge in [0, 0.05) is 12.5 Å². The molecular weight excluding hydrogens is 208 g/mol. The second-order valence-electron chi connectivity index (χ2n) is 3.37. The quantitative estimate of drug-likeness (QED) is 0.713. The first-order valence-electron chi connectivity index (χ1n) is 4.76. The third-order valence-electron chi connectivity index (χ3n) is 2.16. The molecule has 0 amide bonds. The maximum atomic E-state index is 11.4. The summed E-state index contributed by atoms with van der Waals surface area (Å²) in [6.07, 6.45) is 0. The largest absolute Gasteiger partial charge is 0.441 e. The number of benzene rings is 1. The summed E-state index contributed by atoms with van der Waals surface area (Å²) in [5, 5.41) is 3.91. The molecule has 0 fully saturated rings. The summed E-state index contributed by atoms with van der Waals surface area (Å²) in [5.41, 5.74) is 0.884. The van der Waals surface area contributed by atoms with Gasteiger partial charge >= 0.3 is 5.76 Å². The summed E-state index contributed by atoms with van der Waals surface area (Å²) >= 11 is 0. The third-order valence-corrected chi connectivity index (χ3v) is 2.16. The molecule has 0 unspecified atom stereocenters. The van der Waals surface area contributed by atoms with Crippen molar-refractivity contribution in [3.8, 4) is 5.69 Å². The second-order valence-corrected chi connectivity index (χ2v) is 3.37. The van der Waals surface area contributed by atoms with Crippen LogP contribution in [-0.2, 0) is 0 Å². The first kappa shape index (κ1) is 10.4. The van der Waals surface area contributed by atoms with Gasteiger partial charge < -0.3 is 4.42 Å². The number of Topliss-reactive ketones (excluding diaryl/α,β-unsaturated/α-hetero) is 1. The molecule has 5 nitrogen and oxygen atoms in total. The van der Waals surface area contributed by atoms with E-state index in [4.69, 9.17) is 4.42 Å². The number of carbonyl (C=O) groups is 1. The van der Waals surface area contributed by atoms with Crippen LogP contribution in [0.3, 0.4) is 0 Å². The molecule has 0 saturated heterocycles. The van der Waals surface area contributed by atoms with Crippen molar-refractivity contribution in [1.82, 2.24) is 9.78 Å². The SMILES string of the molecule is CC(=O)c1ccccc1-n1nc(C)oc1=O. The molecule has 1 aromatic carbocycles. The van der Waals surface area contributed by atoms with Crippen LogP contribution in [0.4, 0.5) is 0 Å². The Labute approximate surface area is 91.3 Å². The molecule has 0 N–H and O–H groups in total. The van der Waals surface area contributed by atoms with Gasteiger partial charge in [-0.2, -0.15) is 4.68 Å². The predicted octanol–water partition coefficient (Wildman–Crippen LogP) is 1.34. The molecule has 16 heavy (non-hydrogen) atoms. The van der Waals surface area contributed by atoms with Crippen molar-refractivity contribution in [2.45, 2.75) is 13.8 Å². The Hall–Kier alpha value is -2.17. The van der Waals surface area contributed by atoms with E-state index in [1.54, 1.807) is 31.2 Å². The highest BCUT2D eigenvalue weighted by Crippen LogP contribution is 2.12. The molecule has 2 aromatic rings. The number of carbonyl (C=O) groups excluding carboxylic acids is 1. The molecule has 1 aromatic heterocycles. The first-order chi connectivity index (χ1) is 7.59. The van der Waals surface area contributed by atoms with Crippen molar-refractivity contribution in [2.24, 2.45) is 0 Å². The maximum absolute atomic E-state index is 11.4. The van der Waals surface area contributed by atoms with Gasteiger partial charge in [0.2, 0.25) is 5.89 Å². The van der Waals surface area contributed by atoms with Crippen LogP contribution in [0, 0.1) is 6.92 Å². The lowest BCUT2D eigenvalue weighted by Crippen LogP contribution is -2.16. The molecule has 0 bridgehead atoms. The van der Waals surface area contributed by atoms with Gasteiger partial charge in [-0.15, -0.1) is 5.10 Å². The Bertz CT molecular complexity index is 595. The minimum Gasteiger partial charge on any atom is -0.392 e. The lowest BCUT2D eigenvalue weighted by atomic mass is 10.1. The van der Waals surface area contributed by atoms with Gasteiger partial charge in [0.05, 0.1) is 5.69 Å². The Balaban J connectivity index is 2.69. The average molecular weight is 218 g/mol. The zero-order valence-electron chi connectivity index (χ0n) is 8.93. The van der Waals surface area contributed by atoms with Gasteiger partial charge in [0.25, 0.3) is 0 Å². The van der Waals surface area contributed by atoms with E-state index in [2.05, 4.69) is 5.10 Å². The zero-order valence-corrected chi connectivity index (χ0v) is 8.93. The highest BCUT2D eigenvalue weighted by Gasteiger charge is 2.12. The molecule has 0 saturated carbocycles. The molecule has 0 aliphatic carbocycles. The highest BCUT2D eigenvalue weighted by molar-refractivity contribution is 5.97. The molecule has 0 spiro atoms. The van der Waals surface area contributed by atoms with Crippen LogP contribution in [0.2, 0.25) is 0 Å². The number of ketones is 1. The number of hydrogen-bond donors (Lipinski definition) is 0. The minimum absolute atomic E-state index is 0.122. The van der Waals surface area contributed by atoms with E-state index in [1.807, 2.05) is 0 Å². The van der Waals surface area contributed by atoms with E-state index in [0.717, 1.165) is 4.68 Å². The number of para-hydroxylation sites is 1. The summed E-state index contributed by atoms with van der Waals surface area (Å²) in [7, 11) is 0. The van der Waals surface area contributed by atoms with E-state index in [-0.39, 0.29) is 11.7 Å². The van der Waals surface area contributed by atoms with Gasteiger partial charge in [-0.3, -0.25) is 4.79 Å². The second kappa shape index (κ2) is 3.77. The molecule has 0 aliphatic heterocycles. The fourth-order valence-corrected chi connectivity index (χ4v) is 1.48. The summed E-state index contributed by atoms with van der Waals surface area (Å²) in [6.45, 7) is 3.02. The molecule has 0 atom stereocenters. The standard InChI is InChI=1S/C11H10N2O3/c1-7(14)9-5-3-4-6-10(9)13-11(15)16-8(2)12-13/h3-6H,1-2H3. The molecule has 82 valence electrons. The van der Waals surface area contributed by atoms with Gasteiger partial charge in [-0.05, 0) is 19.1 Å². The van der Waals surface area contributed by atoms with Crippen LogP contribution < -0.4 is 5.76 Å². The molecule has 1 heterocycles. The van der Waals surface area contributed by atoms with E-state index >= 15 is 0 Å². The summed E-state index contributed by atoms with van der Waals surface area (Å²) < 4.78 is 5.88. The number of nitrogens with zero attached hydrogens (tertiary/aromatic N) is 2. The normalized spacial score (nSPS) is 10.4. The van der Waals surface area contributed by atoms with Crippen LogP contribution in [0.25, 0.3) is 5.69 Å². The zero-order chi connectivity index (χ0) is 11.7. The van der Waals surface area contributed by atoms with E-state index in [0.29, 0.717) is 11.3 Å². The van der Waals surface area contributed by atoms with Gasteiger partial charge in [0.1, 0.15) is 0 Å². The molecule has 0 aliphatic rings. The van der Waals surface area contributed by atoms with Crippen molar-refractivity contribution in [3.63, 3.8) is 0 Å². The topological polar surface area (TPSA) is 65.1 Å². The summed E-state index contributed by atoms with van der Waals surface area (Å²) in [5.74, 6) is -0.447. The van der Waals surface area contributed by atoms with Crippen molar-refractivity contribution in [1.29, 1.82) is 0 Å². The van der Waals surface area contributed by atoms with Crippen LogP contribution in [0.1, 0.15) is 23.2 Å². The number of aryl methyl sites for hydroxylation is 1. The molecule has 2 rings (SSSR count). The predicted molar refractivity (Wildman–Crippen MR) is 56.8 cm³/mol. The molecule has 5 heteroatoms. The monoisotopic (exact) mass is 218 g/mol. The van der Waals surface area contributed by atoms with Crippen LogP contribution >= 0.6 is 0 Å². The van der Waals surface area contributed by atoms with Crippen molar-refractivity contribution < 1.29 is 9.21 Å². The average Bonchev–Trinajstić information content (AvgIpc) is 2.57. The lowest BCUT2D eigenvalue weighted by molar-refractivity contribution is 0.101. The lowest BCUT2D eigenvalue weighted by Gasteiger charge is -2.03. The van der Waals surface area contributed by atoms with Gasteiger partial charge in [-0.25, -0.2) is 4.79 Å². The van der Waals surface area contributed by atoms with Crippen LogP contribution in [0.5, 0.6) is 0 Å². The molecular formula is C11H10N2O3. The Morgan fingerprint density at radius 2 is 2.06 bits per heavy atom. The van der Waals surface area contributed by atoms with Gasteiger partial charge in [0.15, 0.2) is 5.78 Å². The van der Waals surface area contributed by atoms with Crippen LogP contribution in [0.15, 0.2) is 33.5 Å². The third kappa shape index (κ3) is 1.67. The highest BCUT2D eigenvalue weighted by atomic mass is 16.4. The number of hydrogen-bond acceptors (Lipinski definition) is 4. The first-order valence-corrected chi connectivity index (χ1v) is 4.76. The van der Waals surface area contributed by atoms with Crippen molar-refractivity contribution >= 4 is 5.78 Å². The Kier molecular flexibility index (Phi) is 2.44. The van der Waals surface area contributed by atoms with Crippen molar-refractivity contribution in [2.75, 3.05) is 0 Å². The van der Waals surface area contributed by atoms with E-state index in [9.17, 15) is 9.59 Å². The number of aromatic nitrogens is 2. The van der Waals surface area contributed by atoms with E-state index in [1.165, 1.54) is 6.92 Å². The fourth-order valence-electron chi connectivity index (χ4n) is 1.48. The van der Waals surface area contributed by atoms with Crippen molar-refractivity contribution in [3.05, 3.63) is 46.3 Å². The Morgan fingerprint density at radius 1 is 1.38 bits per heavy atom. The van der Waals surface area contributed by atoms with Crippen LogP contribution in [-0.4, -0.2) is 15.6 Å². The maximum Gasteiger partial charge on any atom is 0.441 e. The fraction of sp³-hybridized carbons (Fsp3) is 0.182. The summed E-state index contributed by atoms with van der Waals surface area (Å²) in [6, 6.07) is 6.77. The smallest absolute Gasteiger partial charge is 0.392 e. The Morgan fingerprint density at radius 3 is 2.62 bits per heavy atom. The van der Waals surface area contributed by atoms with Gasteiger partial charge in [-0.1, -0.05) is 12.1 Å². The summed E-state index contributed by atoms with van der Waals surface area (Å²) in [4.78, 5) is 22.8. The minimum atomic E-state index is -0.591. The number of rotatable bonds is 2. The molecule has 0 radical (unpaired) electrons.